The molecule has 9 heteroatoms. The Bertz CT molecular complexity index is 643. The second kappa shape index (κ2) is 11.0. The molecule has 2 aliphatic heterocycles. The van der Waals surface area contributed by atoms with E-state index >= 15 is 0 Å². The molecular weight excluding hydrogens is 403 g/mol. The maximum absolute atomic E-state index is 13.0. The van der Waals surface area contributed by atoms with Gasteiger partial charge in [0, 0.05) is 45.0 Å². The van der Waals surface area contributed by atoms with Crippen molar-refractivity contribution in [3.05, 3.63) is 23.9 Å². The zero-order valence-electron chi connectivity index (χ0n) is 16.2. The van der Waals surface area contributed by atoms with Crippen LogP contribution in [-0.4, -0.2) is 54.5 Å². The number of nitrogens with zero attached hydrogens (tertiary/aromatic N) is 2. The Hall–Kier alpha value is -1.41. The van der Waals surface area contributed by atoms with Crippen molar-refractivity contribution in [2.24, 2.45) is 17.1 Å². The highest BCUT2D eigenvalue weighted by molar-refractivity contribution is 5.92. The molecule has 2 aliphatic rings. The molecule has 2 amide bonds. The molecule has 1 aromatic rings. The van der Waals surface area contributed by atoms with Gasteiger partial charge in [-0.15, -0.1) is 24.8 Å². The smallest absolute Gasteiger partial charge is 0.230 e. The molecule has 3 rings (SSSR count). The third kappa shape index (κ3) is 5.56. The largest absolute Gasteiger partial charge is 0.381 e. The fraction of sp³-hybridized carbons (Fsp3) is 0.632. The Morgan fingerprint density at radius 3 is 2.43 bits per heavy atom. The summed E-state index contributed by atoms with van der Waals surface area (Å²) in [5.41, 5.74) is 6.51. The van der Waals surface area contributed by atoms with Crippen LogP contribution in [-0.2, 0) is 14.3 Å². The highest BCUT2D eigenvalue weighted by Gasteiger charge is 2.42. The number of hydrogen-bond acceptors (Lipinski definition) is 5. The maximum Gasteiger partial charge on any atom is 0.230 e. The Morgan fingerprint density at radius 1 is 1.25 bits per heavy atom. The van der Waals surface area contributed by atoms with Gasteiger partial charge in [-0.3, -0.25) is 9.59 Å². The van der Waals surface area contributed by atoms with E-state index in [4.69, 9.17) is 10.5 Å². The summed E-state index contributed by atoms with van der Waals surface area (Å²) in [5, 5.41) is 2.87. The van der Waals surface area contributed by atoms with Crippen LogP contribution in [0.3, 0.4) is 0 Å². The molecule has 2 saturated heterocycles. The van der Waals surface area contributed by atoms with Crippen molar-refractivity contribution in [3.8, 4) is 0 Å². The molecular formula is C19H30Cl2N4O3. The molecule has 2 fully saturated rings. The number of aryl methyl sites for hydroxylation is 1. The minimum absolute atomic E-state index is 0. The van der Waals surface area contributed by atoms with Gasteiger partial charge in [0.25, 0.3) is 0 Å². The number of hydrogen-bond donors (Lipinski definition) is 2. The molecule has 0 radical (unpaired) electrons. The average molecular weight is 433 g/mol. The fourth-order valence-corrected chi connectivity index (χ4v) is 3.72. The number of carbonyl (C=O) groups is 2. The van der Waals surface area contributed by atoms with Crippen LogP contribution in [0.2, 0.25) is 0 Å². The normalized spacial score (nSPS) is 19.1. The maximum atomic E-state index is 13.0. The molecule has 0 spiro atoms. The molecule has 3 heterocycles. The summed E-state index contributed by atoms with van der Waals surface area (Å²) < 4.78 is 5.39. The molecule has 7 nitrogen and oxygen atoms in total. The zero-order valence-corrected chi connectivity index (χ0v) is 17.8. The second-order valence-electron chi connectivity index (χ2n) is 7.37. The van der Waals surface area contributed by atoms with Crippen molar-refractivity contribution in [3.63, 3.8) is 0 Å². The predicted octanol–water partition coefficient (Wildman–Crippen LogP) is 2.17. The zero-order chi connectivity index (χ0) is 18.6. The van der Waals surface area contributed by atoms with Crippen molar-refractivity contribution in [1.29, 1.82) is 0 Å². The summed E-state index contributed by atoms with van der Waals surface area (Å²) in [6.45, 7) is 4.69. The first kappa shape index (κ1) is 24.6. The number of nitrogens with two attached hydrogens (primary N) is 1. The average Bonchev–Trinajstić information content (AvgIpc) is 2.69. The molecule has 0 unspecified atom stereocenters. The van der Waals surface area contributed by atoms with Crippen LogP contribution >= 0.6 is 24.8 Å². The molecule has 0 atom stereocenters. The van der Waals surface area contributed by atoms with Gasteiger partial charge in [0.2, 0.25) is 11.8 Å². The Balaban J connectivity index is 0.00000196. The number of pyridine rings is 1. The molecule has 28 heavy (non-hydrogen) atoms. The van der Waals surface area contributed by atoms with Crippen LogP contribution in [0.4, 0.5) is 5.82 Å². The number of ether oxygens (including phenoxy) is 1. The lowest BCUT2D eigenvalue weighted by atomic mass is 9.78. The number of halogens is 2. The summed E-state index contributed by atoms with van der Waals surface area (Å²) in [6.07, 6.45) is 4.43. The first-order valence-electron chi connectivity index (χ1n) is 9.35. The number of carbonyl (C=O) groups excluding carboxylic acids is 2. The van der Waals surface area contributed by atoms with Crippen LogP contribution in [0.5, 0.6) is 0 Å². The minimum Gasteiger partial charge on any atom is -0.381 e. The number of aromatic nitrogens is 1. The van der Waals surface area contributed by atoms with Crippen LogP contribution in [0.25, 0.3) is 0 Å². The van der Waals surface area contributed by atoms with Crippen LogP contribution in [0, 0.1) is 18.3 Å². The lowest BCUT2D eigenvalue weighted by Crippen LogP contribution is -2.53. The van der Waals surface area contributed by atoms with E-state index < -0.39 is 5.41 Å². The van der Waals surface area contributed by atoms with E-state index in [9.17, 15) is 9.59 Å². The first-order chi connectivity index (χ1) is 12.5. The van der Waals surface area contributed by atoms with Crippen molar-refractivity contribution in [2.75, 3.05) is 38.2 Å². The third-order valence-corrected chi connectivity index (χ3v) is 5.61. The number of anilines is 1. The van der Waals surface area contributed by atoms with E-state index in [2.05, 4.69) is 10.3 Å². The topological polar surface area (TPSA) is 97.6 Å². The van der Waals surface area contributed by atoms with Gasteiger partial charge >= 0.3 is 0 Å². The molecule has 3 N–H and O–H groups in total. The third-order valence-electron chi connectivity index (χ3n) is 5.61. The number of amides is 2. The number of nitrogens with one attached hydrogen (secondary N) is 1. The summed E-state index contributed by atoms with van der Waals surface area (Å²) in [6, 6.07) is 3.73. The monoisotopic (exact) mass is 432 g/mol. The SMILES string of the molecule is Cc1ccc(NC(=O)C2CCN(C(=O)C3(CN)CCOCC3)CC2)nc1.Cl.Cl. The summed E-state index contributed by atoms with van der Waals surface area (Å²) >= 11 is 0. The van der Waals surface area contributed by atoms with Crippen molar-refractivity contribution in [1.82, 2.24) is 9.88 Å². The molecule has 1 aromatic heterocycles. The van der Waals surface area contributed by atoms with Crippen molar-refractivity contribution >= 4 is 42.4 Å². The van der Waals surface area contributed by atoms with Gasteiger partial charge < -0.3 is 20.7 Å². The van der Waals surface area contributed by atoms with Crippen molar-refractivity contribution < 1.29 is 14.3 Å². The van der Waals surface area contributed by atoms with Crippen LogP contribution in [0.15, 0.2) is 18.3 Å². The van der Waals surface area contributed by atoms with Crippen LogP contribution < -0.4 is 11.1 Å². The van der Waals surface area contributed by atoms with Gasteiger partial charge in [-0.1, -0.05) is 6.07 Å². The standard InChI is InChI=1S/C19H28N4O3.2ClH/c1-14-2-3-16(21-12-14)22-17(24)15-4-8-23(9-5-15)18(25)19(13-20)6-10-26-11-7-19;;/h2-3,12,15H,4-11,13,20H2,1H3,(H,21,22,24);2*1H. The number of rotatable bonds is 4. The number of likely N-dealkylation sites (tertiary alicyclic amines) is 1. The van der Waals surface area contributed by atoms with E-state index in [1.165, 1.54) is 0 Å². The van der Waals surface area contributed by atoms with E-state index in [1.54, 1.807) is 6.20 Å². The van der Waals surface area contributed by atoms with Gasteiger partial charge in [-0.2, -0.15) is 0 Å². The first-order valence-corrected chi connectivity index (χ1v) is 9.35. The fourth-order valence-electron chi connectivity index (χ4n) is 3.72. The predicted molar refractivity (Wildman–Crippen MR) is 113 cm³/mol. The number of piperidine rings is 1. The molecule has 0 aromatic carbocycles. The van der Waals surface area contributed by atoms with Gasteiger partial charge in [-0.05, 0) is 44.2 Å². The molecule has 0 bridgehead atoms. The highest BCUT2D eigenvalue weighted by atomic mass is 35.5. The summed E-state index contributed by atoms with van der Waals surface area (Å²) in [5.74, 6) is 0.587. The van der Waals surface area contributed by atoms with Crippen LogP contribution in [0.1, 0.15) is 31.2 Å². The lowest BCUT2D eigenvalue weighted by molar-refractivity contribution is -0.149. The van der Waals surface area contributed by atoms with E-state index in [1.807, 2.05) is 24.0 Å². The molecule has 158 valence electrons. The van der Waals surface area contributed by atoms with Gasteiger partial charge in [0.05, 0.1) is 5.41 Å². The Labute approximate surface area is 178 Å². The van der Waals surface area contributed by atoms with E-state index in [0.717, 1.165) is 5.56 Å². The van der Waals surface area contributed by atoms with Gasteiger partial charge in [-0.25, -0.2) is 4.98 Å². The summed E-state index contributed by atoms with van der Waals surface area (Å²) in [4.78, 5) is 31.5. The molecule has 0 aliphatic carbocycles. The Kier molecular flexibility index (Phi) is 9.63. The highest BCUT2D eigenvalue weighted by Crippen LogP contribution is 2.33. The quantitative estimate of drug-likeness (QED) is 0.759. The minimum atomic E-state index is -0.487. The van der Waals surface area contributed by atoms with Gasteiger partial charge in [0.15, 0.2) is 0 Å². The van der Waals surface area contributed by atoms with Gasteiger partial charge in [0.1, 0.15) is 5.82 Å². The molecule has 0 saturated carbocycles. The van der Waals surface area contributed by atoms with E-state index in [0.29, 0.717) is 64.3 Å². The summed E-state index contributed by atoms with van der Waals surface area (Å²) in [7, 11) is 0. The van der Waals surface area contributed by atoms with E-state index in [-0.39, 0.29) is 42.5 Å². The lowest BCUT2D eigenvalue weighted by Gasteiger charge is -2.41. The Morgan fingerprint density at radius 2 is 1.89 bits per heavy atom. The second-order valence-corrected chi connectivity index (χ2v) is 7.37. The van der Waals surface area contributed by atoms with Crippen molar-refractivity contribution in [2.45, 2.75) is 32.6 Å².